The highest BCUT2D eigenvalue weighted by Crippen LogP contribution is 2.43. The van der Waals surface area contributed by atoms with Gasteiger partial charge in [0, 0.05) is 24.0 Å². The summed E-state index contributed by atoms with van der Waals surface area (Å²) in [6, 6.07) is 0. The average molecular weight is 519 g/mol. The summed E-state index contributed by atoms with van der Waals surface area (Å²) in [7, 11) is 0. The summed E-state index contributed by atoms with van der Waals surface area (Å²) in [5.41, 5.74) is -1.10. The molecule has 0 amide bonds. The smallest absolute Gasteiger partial charge is 0.345 e. The van der Waals surface area contributed by atoms with Crippen LogP contribution in [-0.4, -0.2) is 69.6 Å². The lowest BCUT2D eigenvalue weighted by atomic mass is 9.80. The van der Waals surface area contributed by atoms with Crippen LogP contribution in [0.25, 0.3) is 0 Å². The van der Waals surface area contributed by atoms with Crippen LogP contribution in [0, 0.1) is 11.8 Å². The number of esters is 5. The molecule has 11 nitrogen and oxygen atoms in total. The fourth-order valence-electron chi connectivity index (χ4n) is 5.48. The maximum Gasteiger partial charge on any atom is 0.345 e. The van der Waals surface area contributed by atoms with E-state index in [2.05, 4.69) is 0 Å². The fraction of sp³-hybridized carbons (Fsp3) is 0.577. The van der Waals surface area contributed by atoms with E-state index in [1.54, 1.807) is 0 Å². The van der Waals surface area contributed by atoms with E-state index in [0.29, 0.717) is 6.42 Å². The molecular weight excluding hydrogens is 488 g/mol. The third-order valence-corrected chi connectivity index (χ3v) is 7.38. The molecule has 4 rings (SSSR count). The molecule has 4 aliphatic rings. The van der Waals surface area contributed by atoms with Gasteiger partial charge in [0.2, 0.25) is 0 Å². The van der Waals surface area contributed by atoms with E-state index in [4.69, 9.17) is 14.2 Å². The molecule has 0 saturated heterocycles. The molecule has 11 heteroatoms. The standard InChI is InChI=1S/C26H30O11/c1-2-3-4-5-7-15(27)20-18-13(23(31)36-25(18)33)10-12(21(29)16-8-6-9-17(28)35-16)11-14-19(22(20)30)26(34)37-24(14)32/h6,9,12,15-16,20-22,27,29-30H,2-5,7-8,10-11H2,1H3/t12-,15+,16+,20-,21-,22-/m1/s1. The van der Waals surface area contributed by atoms with Gasteiger partial charge >= 0.3 is 29.8 Å². The Kier molecular flexibility index (Phi) is 8.05. The number of cyclic esters (lactones) is 5. The monoisotopic (exact) mass is 518 g/mol. The number of ether oxygens (including phenoxy) is 3. The summed E-state index contributed by atoms with van der Waals surface area (Å²) in [5, 5.41) is 33.6. The van der Waals surface area contributed by atoms with E-state index in [1.807, 2.05) is 6.92 Å². The van der Waals surface area contributed by atoms with E-state index in [9.17, 15) is 39.3 Å². The summed E-state index contributed by atoms with van der Waals surface area (Å²) < 4.78 is 14.8. The number of hydrogen-bond acceptors (Lipinski definition) is 11. The normalized spacial score (nSPS) is 29.7. The van der Waals surface area contributed by atoms with Crippen LogP contribution in [0.15, 0.2) is 34.4 Å². The Morgan fingerprint density at radius 1 is 0.892 bits per heavy atom. The van der Waals surface area contributed by atoms with Gasteiger partial charge in [0.15, 0.2) is 0 Å². The molecular formula is C26H30O11. The first-order chi connectivity index (χ1) is 17.6. The molecule has 37 heavy (non-hydrogen) atoms. The van der Waals surface area contributed by atoms with Crippen LogP contribution in [0.1, 0.15) is 58.3 Å². The molecule has 0 radical (unpaired) electrons. The molecule has 0 unspecified atom stereocenters. The molecule has 0 spiro atoms. The lowest BCUT2D eigenvalue weighted by molar-refractivity contribution is -0.154. The minimum absolute atomic E-state index is 0.155. The Balaban J connectivity index is 1.78. The van der Waals surface area contributed by atoms with Crippen molar-refractivity contribution in [3.05, 3.63) is 34.4 Å². The molecule has 3 N–H and O–H groups in total. The van der Waals surface area contributed by atoms with Crippen LogP contribution < -0.4 is 0 Å². The Morgan fingerprint density at radius 2 is 1.51 bits per heavy atom. The number of carbonyl (C=O) groups excluding carboxylic acids is 5. The van der Waals surface area contributed by atoms with Gasteiger partial charge in [-0.15, -0.1) is 0 Å². The maximum absolute atomic E-state index is 12.8. The van der Waals surface area contributed by atoms with Gasteiger partial charge in [0.05, 0.1) is 35.0 Å². The molecule has 0 aromatic carbocycles. The first-order valence-corrected chi connectivity index (χ1v) is 12.5. The molecule has 0 aromatic rings. The van der Waals surface area contributed by atoms with Gasteiger partial charge in [-0.1, -0.05) is 38.7 Å². The minimum Gasteiger partial charge on any atom is -0.456 e. The number of hydrogen-bond donors (Lipinski definition) is 3. The summed E-state index contributed by atoms with van der Waals surface area (Å²) in [4.78, 5) is 62.6. The molecule has 3 aliphatic heterocycles. The highest BCUT2D eigenvalue weighted by molar-refractivity contribution is 6.15. The molecule has 0 saturated carbocycles. The predicted molar refractivity (Wildman–Crippen MR) is 123 cm³/mol. The van der Waals surface area contributed by atoms with Gasteiger partial charge in [-0.2, -0.15) is 0 Å². The number of unbranched alkanes of at least 4 members (excludes halogenated alkanes) is 3. The molecule has 6 atom stereocenters. The molecule has 0 bridgehead atoms. The minimum atomic E-state index is -1.84. The second-order valence-corrected chi connectivity index (χ2v) is 9.80. The quantitative estimate of drug-likeness (QED) is 0.179. The zero-order valence-corrected chi connectivity index (χ0v) is 20.4. The van der Waals surface area contributed by atoms with Gasteiger partial charge in [0.1, 0.15) is 6.10 Å². The maximum atomic E-state index is 12.8. The van der Waals surface area contributed by atoms with Crippen LogP contribution in [0.4, 0.5) is 0 Å². The second kappa shape index (κ2) is 11.1. The van der Waals surface area contributed by atoms with Crippen molar-refractivity contribution in [1.82, 2.24) is 0 Å². The van der Waals surface area contributed by atoms with Crippen LogP contribution in [0.5, 0.6) is 0 Å². The van der Waals surface area contributed by atoms with Gasteiger partial charge in [-0.3, -0.25) is 0 Å². The highest BCUT2D eigenvalue weighted by atomic mass is 16.6. The Hall–Kier alpha value is -3.15. The van der Waals surface area contributed by atoms with Gasteiger partial charge < -0.3 is 29.5 Å². The second-order valence-electron chi connectivity index (χ2n) is 9.80. The van der Waals surface area contributed by atoms with E-state index < -0.39 is 71.7 Å². The first kappa shape index (κ1) is 26.9. The number of rotatable bonds is 8. The van der Waals surface area contributed by atoms with E-state index in [0.717, 1.165) is 19.3 Å². The SMILES string of the molecule is CCCCCC[C@H](O)[C@@H]1C2=C(C[C@@H]([C@@H](O)[C@@H]3CC=CC(=O)O3)CC3=C(C(=O)OC3=O)[C@H]1O)C(=O)OC2=O. The number of carbonyl (C=O) groups is 5. The summed E-state index contributed by atoms with van der Waals surface area (Å²) in [5.74, 6) is -7.33. The Labute approximate surface area is 212 Å². The van der Waals surface area contributed by atoms with Crippen LogP contribution in [0.3, 0.4) is 0 Å². The van der Waals surface area contributed by atoms with Crippen molar-refractivity contribution < 1.29 is 53.5 Å². The predicted octanol–water partition coefficient (Wildman–Crippen LogP) is 0.697. The van der Waals surface area contributed by atoms with Crippen molar-refractivity contribution in [2.24, 2.45) is 11.8 Å². The molecule has 0 aromatic heterocycles. The van der Waals surface area contributed by atoms with Gasteiger partial charge in [-0.05, 0) is 25.2 Å². The molecule has 3 heterocycles. The van der Waals surface area contributed by atoms with Gasteiger partial charge in [0.25, 0.3) is 0 Å². The van der Waals surface area contributed by atoms with Crippen molar-refractivity contribution in [3.8, 4) is 0 Å². The van der Waals surface area contributed by atoms with Crippen molar-refractivity contribution in [2.45, 2.75) is 82.7 Å². The average Bonchev–Trinajstić information content (AvgIpc) is 3.30. The molecule has 200 valence electrons. The van der Waals surface area contributed by atoms with Crippen molar-refractivity contribution in [3.63, 3.8) is 0 Å². The number of aliphatic hydroxyl groups excluding tert-OH is 3. The third-order valence-electron chi connectivity index (χ3n) is 7.38. The summed E-state index contributed by atoms with van der Waals surface area (Å²) in [6.45, 7) is 2.02. The van der Waals surface area contributed by atoms with Crippen molar-refractivity contribution in [2.75, 3.05) is 0 Å². The summed E-state index contributed by atoms with van der Waals surface area (Å²) in [6.07, 6.45) is 0.0132. The zero-order chi connectivity index (χ0) is 26.9. The van der Waals surface area contributed by atoms with Gasteiger partial charge in [-0.25, -0.2) is 24.0 Å². The van der Waals surface area contributed by atoms with Crippen LogP contribution in [0.2, 0.25) is 0 Å². The molecule has 1 aliphatic carbocycles. The number of aliphatic hydroxyl groups is 3. The summed E-state index contributed by atoms with van der Waals surface area (Å²) >= 11 is 0. The van der Waals surface area contributed by atoms with E-state index >= 15 is 0 Å². The van der Waals surface area contributed by atoms with Crippen molar-refractivity contribution in [1.29, 1.82) is 0 Å². The zero-order valence-electron chi connectivity index (χ0n) is 20.4. The third kappa shape index (κ3) is 5.29. The molecule has 0 fully saturated rings. The Bertz CT molecular complexity index is 1100. The first-order valence-electron chi connectivity index (χ1n) is 12.5. The van der Waals surface area contributed by atoms with Crippen molar-refractivity contribution >= 4 is 29.8 Å². The Morgan fingerprint density at radius 3 is 2.14 bits per heavy atom. The van der Waals surface area contributed by atoms with Crippen LogP contribution in [-0.2, 0) is 38.2 Å². The van der Waals surface area contributed by atoms with E-state index in [-0.39, 0.29) is 42.4 Å². The van der Waals surface area contributed by atoms with E-state index in [1.165, 1.54) is 12.2 Å². The van der Waals surface area contributed by atoms with Crippen LogP contribution >= 0.6 is 0 Å². The highest BCUT2D eigenvalue weighted by Gasteiger charge is 2.51. The lowest BCUT2D eigenvalue weighted by Gasteiger charge is -2.30. The fourth-order valence-corrected chi connectivity index (χ4v) is 5.48. The topological polar surface area (TPSA) is 174 Å². The largest absolute Gasteiger partial charge is 0.456 e. The lowest BCUT2D eigenvalue weighted by Crippen LogP contribution is -2.39.